The Morgan fingerprint density at radius 1 is 1.39 bits per heavy atom. The molecule has 0 radical (unpaired) electrons. The summed E-state index contributed by atoms with van der Waals surface area (Å²) in [6.45, 7) is 7.20. The van der Waals surface area contributed by atoms with Crippen molar-refractivity contribution in [2.75, 3.05) is 6.54 Å². The van der Waals surface area contributed by atoms with E-state index >= 15 is 0 Å². The van der Waals surface area contributed by atoms with Crippen LogP contribution in [0.5, 0.6) is 0 Å². The fraction of sp³-hybridized carbons (Fsp3) is 0.643. The van der Waals surface area contributed by atoms with Crippen LogP contribution < -0.4 is 10.6 Å². The fourth-order valence-electron chi connectivity index (χ4n) is 1.77. The van der Waals surface area contributed by atoms with Crippen molar-refractivity contribution >= 4 is 17.2 Å². The molecule has 0 aromatic carbocycles. The van der Waals surface area contributed by atoms with Crippen molar-refractivity contribution in [2.24, 2.45) is 0 Å². The van der Waals surface area contributed by atoms with Crippen molar-refractivity contribution in [2.45, 2.75) is 52.1 Å². The summed E-state index contributed by atoms with van der Waals surface area (Å²) in [4.78, 5) is 13.0. The van der Waals surface area contributed by atoms with Crippen molar-refractivity contribution < 1.29 is 4.79 Å². The normalized spacial score (nSPS) is 12.7. The van der Waals surface area contributed by atoms with E-state index in [0.29, 0.717) is 12.5 Å². The van der Waals surface area contributed by atoms with Crippen molar-refractivity contribution in [1.82, 2.24) is 10.6 Å². The molecule has 4 heteroatoms. The number of hydrogen-bond acceptors (Lipinski definition) is 3. The van der Waals surface area contributed by atoms with E-state index in [-0.39, 0.29) is 11.9 Å². The Hall–Kier alpha value is -0.870. The van der Waals surface area contributed by atoms with Gasteiger partial charge in [0, 0.05) is 29.8 Å². The molecule has 1 unspecified atom stereocenters. The zero-order valence-corrected chi connectivity index (χ0v) is 12.3. The highest BCUT2D eigenvalue weighted by Crippen LogP contribution is 2.10. The topological polar surface area (TPSA) is 41.1 Å². The lowest BCUT2D eigenvalue weighted by molar-refractivity contribution is -0.121. The average molecular weight is 268 g/mol. The Balaban J connectivity index is 2.11. The van der Waals surface area contributed by atoms with Gasteiger partial charge < -0.3 is 10.6 Å². The second kappa shape index (κ2) is 8.27. The number of carbonyl (C=O) groups excluding carboxylic acids is 1. The number of carbonyl (C=O) groups is 1. The Morgan fingerprint density at radius 3 is 2.78 bits per heavy atom. The van der Waals surface area contributed by atoms with Gasteiger partial charge in [0.15, 0.2) is 0 Å². The maximum Gasteiger partial charge on any atom is 0.220 e. The molecular formula is C14H24N2OS. The largest absolute Gasteiger partial charge is 0.353 e. The summed E-state index contributed by atoms with van der Waals surface area (Å²) in [6, 6.07) is 4.87. The van der Waals surface area contributed by atoms with E-state index in [0.717, 1.165) is 19.4 Å². The summed E-state index contributed by atoms with van der Waals surface area (Å²) < 4.78 is 0. The van der Waals surface area contributed by atoms with Gasteiger partial charge in [-0.3, -0.25) is 4.79 Å². The van der Waals surface area contributed by atoms with Crippen LogP contribution >= 0.6 is 11.3 Å². The average Bonchev–Trinajstić information content (AvgIpc) is 2.76. The van der Waals surface area contributed by atoms with Gasteiger partial charge in [-0.05, 0) is 31.3 Å². The molecule has 0 fully saturated rings. The van der Waals surface area contributed by atoms with Gasteiger partial charge in [0.25, 0.3) is 0 Å². The van der Waals surface area contributed by atoms with Crippen LogP contribution in [0, 0.1) is 0 Å². The fourth-order valence-corrected chi connectivity index (χ4v) is 2.60. The highest BCUT2D eigenvalue weighted by atomic mass is 32.1. The quantitative estimate of drug-likeness (QED) is 0.712. The first-order chi connectivity index (χ1) is 8.58. The first kappa shape index (κ1) is 15.2. The van der Waals surface area contributed by atoms with E-state index in [1.807, 2.05) is 6.07 Å². The molecule has 102 valence electrons. The molecule has 0 spiro atoms. The predicted octanol–water partition coefficient (Wildman–Crippen LogP) is 2.57. The van der Waals surface area contributed by atoms with E-state index in [9.17, 15) is 4.79 Å². The lowest BCUT2D eigenvalue weighted by Crippen LogP contribution is -2.34. The molecule has 1 aromatic heterocycles. The van der Waals surface area contributed by atoms with Crippen LogP contribution in [-0.2, 0) is 11.2 Å². The Labute approximate surface area is 114 Å². The van der Waals surface area contributed by atoms with Crippen molar-refractivity contribution in [3.05, 3.63) is 22.4 Å². The SMILES string of the molecule is CC(C)NCCCC(=O)NC(C)Cc1cccs1. The van der Waals surface area contributed by atoms with Crippen LogP contribution in [0.15, 0.2) is 17.5 Å². The second-order valence-electron chi connectivity index (χ2n) is 4.96. The molecule has 3 nitrogen and oxygen atoms in total. The molecule has 0 aliphatic heterocycles. The molecule has 1 amide bonds. The summed E-state index contributed by atoms with van der Waals surface area (Å²) in [7, 11) is 0. The van der Waals surface area contributed by atoms with Crippen LogP contribution in [0.2, 0.25) is 0 Å². The van der Waals surface area contributed by atoms with Crippen LogP contribution in [0.25, 0.3) is 0 Å². The highest BCUT2D eigenvalue weighted by molar-refractivity contribution is 7.09. The smallest absolute Gasteiger partial charge is 0.220 e. The monoisotopic (exact) mass is 268 g/mol. The molecule has 0 saturated heterocycles. The zero-order valence-electron chi connectivity index (χ0n) is 11.5. The van der Waals surface area contributed by atoms with Crippen molar-refractivity contribution in [1.29, 1.82) is 0 Å². The lowest BCUT2D eigenvalue weighted by Gasteiger charge is -2.13. The molecule has 0 saturated carbocycles. The highest BCUT2D eigenvalue weighted by Gasteiger charge is 2.08. The molecule has 18 heavy (non-hydrogen) atoms. The third-order valence-corrected chi connectivity index (χ3v) is 3.53. The summed E-state index contributed by atoms with van der Waals surface area (Å²) in [5.74, 6) is 0.157. The van der Waals surface area contributed by atoms with Gasteiger partial charge in [-0.1, -0.05) is 19.9 Å². The van der Waals surface area contributed by atoms with Gasteiger partial charge in [0.1, 0.15) is 0 Å². The number of amides is 1. The van der Waals surface area contributed by atoms with Crippen LogP contribution in [0.3, 0.4) is 0 Å². The van der Waals surface area contributed by atoms with Gasteiger partial charge in [0.05, 0.1) is 0 Å². The standard InChI is InChI=1S/C14H24N2OS/c1-11(2)15-8-4-7-14(17)16-12(3)10-13-6-5-9-18-13/h5-6,9,11-12,15H,4,7-8,10H2,1-3H3,(H,16,17). The van der Waals surface area contributed by atoms with Gasteiger partial charge in [-0.25, -0.2) is 0 Å². The summed E-state index contributed by atoms with van der Waals surface area (Å²) in [6.07, 6.45) is 2.43. The third kappa shape index (κ3) is 6.77. The summed E-state index contributed by atoms with van der Waals surface area (Å²) in [5.41, 5.74) is 0. The number of rotatable bonds is 8. The first-order valence-corrected chi connectivity index (χ1v) is 7.51. The summed E-state index contributed by atoms with van der Waals surface area (Å²) >= 11 is 1.74. The Kier molecular flexibility index (Phi) is 6.98. The minimum absolute atomic E-state index is 0.157. The van der Waals surface area contributed by atoms with Gasteiger partial charge >= 0.3 is 0 Å². The molecule has 1 heterocycles. The molecule has 1 rings (SSSR count). The number of nitrogens with one attached hydrogen (secondary N) is 2. The molecule has 0 aliphatic rings. The maximum atomic E-state index is 11.7. The maximum absolute atomic E-state index is 11.7. The lowest BCUT2D eigenvalue weighted by atomic mass is 10.2. The Bertz CT molecular complexity index is 336. The molecule has 2 N–H and O–H groups in total. The minimum atomic E-state index is 0.157. The van der Waals surface area contributed by atoms with E-state index in [4.69, 9.17) is 0 Å². The second-order valence-corrected chi connectivity index (χ2v) is 6.00. The van der Waals surface area contributed by atoms with Crippen molar-refractivity contribution in [3.8, 4) is 0 Å². The molecule has 1 aromatic rings. The van der Waals surface area contributed by atoms with E-state index in [1.165, 1.54) is 4.88 Å². The van der Waals surface area contributed by atoms with Gasteiger partial charge in [0.2, 0.25) is 5.91 Å². The van der Waals surface area contributed by atoms with E-state index in [2.05, 4.69) is 42.9 Å². The zero-order chi connectivity index (χ0) is 13.4. The van der Waals surface area contributed by atoms with E-state index in [1.54, 1.807) is 11.3 Å². The molecule has 0 aliphatic carbocycles. The third-order valence-electron chi connectivity index (χ3n) is 2.63. The van der Waals surface area contributed by atoms with Crippen LogP contribution in [-0.4, -0.2) is 24.5 Å². The Morgan fingerprint density at radius 2 is 2.17 bits per heavy atom. The summed E-state index contributed by atoms with van der Waals surface area (Å²) in [5, 5.41) is 8.43. The minimum Gasteiger partial charge on any atom is -0.353 e. The first-order valence-electron chi connectivity index (χ1n) is 6.63. The predicted molar refractivity (Wildman–Crippen MR) is 78.0 cm³/mol. The van der Waals surface area contributed by atoms with Gasteiger partial charge in [-0.2, -0.15) is 0 Å². The molecular weight excluding hydrogens is 244 g/mol. The van der Waals surface area contributed by atoms with Crippen LogP contribution in [0.1, 0.15) is 38.5 Å². The van der Waals surface area contributed by atoms with Gasteiger partial charge in [-0.15, -0.1) is 11.3 Å². The van der Waals surface area contributed by atoms with Crippen molar-refractivity contribution in [3.63, 3.8) is 0 Å². The van der Waals surface area contributed by atoms with Crippen LogP contribution in [0.4, 0.5) is 0 Å². The number of thiophene rings is 1. The van der Waals surface area contributed by atoms with E-state index < -0.39 is 0 Å². The number of hydrogen-bond donors (Lipinski definition) is 2. The molecule has 0 bridgehead atoms. The molecule has 1 atom stereocenters.